The van der Waals surface area contributed by atoms with Crippen LogP contribution < -0.4 is 5.73 Å². The normalized spacial score (nSPS) is 22.9. The number of rotatable bonds is 1. The van der Waals surface area contributed by atoms with Gasteiger partial charge in [0.15, 0.2) is 0 Å². The Morgan fingerprint density at radius 3 is 2.95 bits per heavy atom. The Morgan fingerprint density at radius 2 is 2.05 bits per heavy atom. The third-order valence-electron chi connectivity index (χ3n) is 3.91. The van der Waals surface area contributed by atoms with Crippen LogP contribution in [-0.2, 0) is 11.2 Å². The van der Waals surface area contributed by atoms with Gasteiger partial charge in [-0.2, -0.15) is 0 Å². The van der Waals surface area contributed by atoms with E-state index in [0.29, 0.717) is 16.6 Å². The molecule has 2 aliphatic rings. The van der Waals surface area contributed by atoms with Crippen LogP contribution in [-0.4, -0.2) is 12.0 Å². The van der Waals surface area contributed by atoms with Crippen LogP contribution in [0.2, 0.25) is 5.02 Å². The Kier molecular flexibility index (Phi) is 2.51. The van der Waals surface area contributed by atoms with Crippen LogP contribution in [0.4, 0.5) is 5.69 Å². The van der Waals surface area contributed by atoms with Crippen molar-refractivity contribution in [3.8, 4) is 0 Å². The zero-order valence-electron chi connectivity index (χ0n) is 10.7. The number of aliphatic imine (C=N–C) groups is 1. The Hall–Kier alpha value is -2.00. The number of halogens is 1. The van der Waals surface area contributed by atoms with E-state index in [1.807, 2.05) is 12.1 Å². The van der Waals surface area contributed by atoms with Crippen molar-refractivity contribution in [2.75, 3.05) is 5.73 Å². The topological polar surface area (TPSA) is 47.6 Å². The van der Waals surface area contributed by atoms with E-state index in [1.165, 1.54) is 11.1 Å². The quantitative estimate of drug-likeness (QED) is 0.816. The molecule has 0 fully saturated rings. The monoisotopic (exact) mass is 284 g/mol. The number of nitrogens with zero attached hydrogens (tertiary/aromatic N) is 1. The standard InChI is InChI=1S/C16H13ClN2O/c17-10-5-6-13(18)12(8-10)16-19-15-11-4-2-1-3-9(11)7-14(15)20-16/h1-6,8,14-15H,7,18H2/t14-,15+/m0/s1. The van der Waals surface area contributed by atoms with Crippen molar-refractivity contribution in [3.63, 3.8) is 0 Å². The average molecular weight is 285 g/mol. The lowest BCUT2D eigenvalue weighted by molar-refractivity contribution is 0.206. The number of anilines is 1. The summed E-state index contributed by atoms with van der Waals surface area (Å²) in [6.07, 6.45) is 0.981. The Labute approximate surface area is 122 Å². The molecule has 2 atom stereocenters. The van der Waals surface area contributed by atoms with E-state index in [4.69, 9.17) is 27.1 Å². The molecular weight excluding hydrogens is 272 g/mol. The maximum absolute atomic E-state index is 6.03. The minimum absolute atomic E-state index is 0.0829. The van der Waals surface area contributed by atoms with Gasteiger partial charge in [0, 0.05) is 17.1 Å². The molecule has 100 valence electrons. The Bertz CT molecular complexity index is 726. The lowest BCUT2D eigenvalue weighted by atomic mass is 10.1. The molecule has 20 heavy (non-hydrogen) atoms. The van der Waals surface area contributed by atoms with Crippen LogP contribution >= 0.6 is 11.6 Å². The summed E-state index contributed by atoms with van der Waals surface area (Å²) >= 11 is 6.03. The second-order valence-electron chi connectivity index (χ2n) is 5.17. The highest BCUT2D eigenvalue weighted by atomic mass is 35.5. The molecule has 0 saturated heterocycles. The summed E-state index contributed by atoms with van der Waals surface area (Å²) in [7, 11) is 0. The van der Waals surface area contributed by atoms with Crippen molar-refractivity contribution in [3.05, 3.63) is 64.2 Å². The zero-order valence-corrected chi connectivity index (χ0v) is 11.5. The fraction of sp³-hybridized carbons (Fsp3) is 0.188. The second-order valence-corrected chi connectivity index (χ2v) is 5.61. The van der Waals surface area contributed by atoms with Gasteiger partial charge in [0.2, 0.25) is 5.90 Å². The lowest BCUT2D eigenvalue weighted by Gasteiger charge is -2.10. The molecule has 0 radical (unpaired) electrons. The molecule has 0 bridgehead atoms. The largest absolute Gasteiger partial charge is 0.471 e. The van der Waals surface area contributed by atoms with E-state index >= 15 is 0 Å². The van der Waals surface area contributed by atoms with Gasteiger partial charge in [-0.3, -0.25) is 0 Å². The third kappa shape index (κ3) is 1.70. The van der Waals surface area contributed by atoms with Crippen LogP contribution in [0, 0.1) is 0 Å². The molecular formula is C16H13ClN2O. The summed E-state index contributed by atoms with van der Waals surface area (Å²) < 4.78 is 6.00. The zero-order chi connectivity index (χ0) is 13.7. The summed E-state index contributed by atoms with van der Waals surface area (Å²) in [6.45, 7) is 0. The van der Waals surface area contributed by atoms with Gasteiger partial charge in [0.25, 0.3) is 0 Å². The van der Waals surface area contributed by atoms with E-state index in [9.17, 15) is 0 Å². The molecule has 4 heteroatoms. The van der Waals surface area contributed by atoms with Crippen LogP contribution in [0.3, 0.4) is 0 Å². The third-order valence-corrected chi connectivity index (χ3v) is 4.15. The van der Waals surface area contributed by atoms with E-state index in [1.54, 1.807) is 12.1 Å². The predicted molar refractivity (Wildman–Crippen MR) is 80.2 cm³/mol. The summed E-state index contributed by atoms with van der Waals surface area (Å²) in [5.74, 6) is 0.606. The molecule has 3 nitrogen and oxygen atoms in total. The van der Waals surface area contributed by atoms with Crippen LogP contribution in [0.5, 0.6) is 0 Å². The summed E-state index contributed by atoms with van der Waals surface area (Å²) in [5, 5.41) is 0.637. The number of benzene rings is 2. The SMILES string of the molecule is Nc1ccc(Cl)cc1C1=N[C@@H]2c3ccccc3C[C@@H]2O1. The highest BCUT2D eigenvalue weighted by Gasteiger charge is 2.39. The smallest absolute Gasteiger partial charge is 0.219 e. The molecule has 0 unspecified atom stereocenters. The molecule has 1 aliphatic heterocycles. The van der Waals surface area contributed by atoms with Crippen LogP contribution in [0.25, 0.3) is 0 Å². The highest BCUT2D eigenvalue weighted by molar-refractivity contribution is 6.31. The minimum Gasteiger partial charge on any atom is -0.471 e. The number of hydrogen-bond acceptors (Lipinski definition) is 3. The molecule has 0 amide bonds. The predicted octanol–water partition coefficient (Wildman–Crippen LogP) is 3.37. The molecule has 0 saturated carbocycles. The van der Waals surface area contributed by atoms with Crippen LogP contribution in [0.1, 0.15) is 22.7 Å². The number of fused-ring (bicyclic) bond motifs is 3. The first-order valence-corrected chi connectivity index (χ1v) is 6.98. The van der Waals surface area contributed by atoms with Gasteiger partial charge in [-0.25, -0.2) is 4.99 Å². The molecule has 1 aliphatic carbocycles. The Morgan fingerprint density at radius 1 is 1.20 bits per heavy atom. The fourth-order valence-electron chi connectivity index (χ4n) is 2.94. The summed E-state index contributed by atoms with van der Waals surface area (Å²) in [4.78, 5) is 4.72. The lowest BCUT2D eigenvalue weighted by Crippen LogP contribution is -2.14. The van der Waals surface area contributed by atoms with E-state index in [0.717, 1.165) is 12.0 Å². The molecule has 0 spiro atoms. The van der Waals surface area contributed by atoms with Gasteiger partial charge in [-0.05, 0) is 29.3 Å². The number of nitrogens with two attached hydrogens (primary N) is 1. The molecule has 2 aromatic rings. The van der Waals surface area contributed by atoms with E-state index < -0.39 is 0 Å². The molecule has 2 N–H and O–H groups in total. The molecule has 1 heterocycles. The first kappa shape index (κ1) is 11.8. The number of nitrogen functional groups attached to an aromatic ring is 1. The summed E-state index contributed by atoms with van der Waals surface area (Å²) in [5.41, 5.74) is 10.00. The van der Waals surface area contributed by atoms with Crippen molar-refractivity contribution in [1.29, 1.82) is 0 Å². The van der Waals surface area contributed by atoms with Crippen molar-refractivity contribution in [1.82, 2.24) is 0 Å². The van der Waals surface area contributed by atoms with E-state index in [2.05, 4.69) is 18.2 Å². The molecule has 4 rings (SSSR count). The average Bonchev–Trinajstić information content (AvgIpc) is 2.99. The van der Waals surface area contributed by atoms with Crippen LogP contribution in [0.15, 0.2) is 47.5 Å². The van der Waals surface area contributed by atoms with Gasteiger partial charge >= 0.3 is 0 Å². The number of hydrogen-bond donors (Lipinski definition) is 1. The van der Waals surface area contributed by atoms with Gasteiger partial charge < -0.3 is 10.5 Å². The highest BCUT2D eigenvalue weighted by Crippen LogP contribution is 2.41. The number of ether oxygens (including phenoxy) is 1. The van der Waals surface area contributed by atoms with Crippen molar-refractivity contribution in [2.24, 2.45) is 4.99 Å². The van der Waals surface area contributed by atoms with Crippen molar-refractivity contribution < 1.29 is 4.74 Å². The van der Waals surface area contributed by atoms with Crippen molar-refractivity contribution >= 4 is 23.2 Å². The first-order chi connectivity index (χ1) is 9.72. The van der Waals surface area contributed by atoms with Gasteiger partial charge in [0.1, 0.15) is 12.1 Å². The van der Waals surface area contributed by atoms with Gasteiger partial charge in [0.05, 0.1) is 5.56 Å². The maximum atomic E-state index is 6.03. The first-order valence-electron chi connectivity index (χ1n) is 6.60. The Balaban J connectivity index is 1.76. The second kappa shape index (κ2) is 4.25. The fourth-order valence-corrected chi connectivity index (χ4v) is 3.12. The van der Waals surface area contributed by atoms with Gasteiger partial charge in [-0.1, -0.05) is 35.9 Å². The van der Waals surface area contributed by atoms with E-state index in [-0.39, 0.29) is 12.1 Å². The maximum Gasteiger partial charge on any atom is 0.219 e. The minimum atomic E-state index is 0.0829. The molecule has 2 aromatic carbocycles. The summed E-state index contributed by atoms with van der Waals surface area (Å²) in [6, 6.07) is 13.8. The van der Waals surface area contributed by atoms with Gasteiger partial charge in [-0.15, -0.1) is 0 Å². The van der Waals surface area contributed by atoms with Crippen molar-refractivity contribution in [2.45, 2.75) is 18.6 Å². The molecule has 0 aromatic heterocycles.